The summed E-state index contributed by atoms with van der Waals surface area (Å²) in [6.45, 7) is 2.13. The smallest absolute Gasteiger partial charge is 0.162 e. The van der Waals surface area contributed by atoms with Gasteiger partial charge in [0.15, 0.2) is 11.5 Å². The highest BCUT2D eigenvalue weighted by Crippen LogP contribution is 2.36. The van der Waals surface area contributed by atoms with Crippen molar-refractivity contribution < 1.29 is 9.47 Å². The summed E-state index contributed by atoms with van der Waals surface area (Å²) in [5.41, 5.74) is 9.73. The van der Waals surface area contributed by atoms with E-state index in [1.807, 2.05) is 18.2 Å². The maximum atomic E-state index is 6.03. The van der Waals surface area contributed by atoms with Crippen molar-refractivity contribution in [3.63, 3.8) is 0 Å². The van der Waals surface area contributed by atoms with Crippen LogP contribution < -0.4 is 20.5 Å². The molecule has 4 heteroatoms. The van der Waals surface area contributed by atoms with Crippen molar-refractivity contribution >= 4 is 17.1 Å². The second-order valence-corrected chi connectivity index (χ2v) is 4.47. The molecule has 0 heterocycles. The number of anilines is 3. The summed E-state index contributed by atoms with van der Waals surface area (Å²) in [6.07, 6.45) is 1.03. The van der Waals surface area contributed by atoms with E-state index in [9.17, 15) is 0 Å². The van der Waals surface area contributed by atoms with Gasteiger partial charge >= 0.3 is 0 Å². The van der Waals surface area contributed by atoms with E-state index in [1.165, 1.54) is 5.56 Å². The number of nitrogens with one attached hydrogen (secondary N) is 1. The molecule has 0 aromatic heterocycles. The molecule has 0 atom stereocenters. The lowest BCUT2D eigenvalue weighted by molar-refractivity contribution is 0.355. The van der Waals surface area contributed by atoms with Crippen LogP contribution in [-0.2, 0) is 6.42 Å². The molecular weight excluding hydrogens is 252 g/mol. The second kappa shape index (κ2) is 6.19. The van der Waals surface area contributed by atoms with Gasteiger partial charge in [-0.25, -0.2) is 0 Å². The van der Waals surface area contributed by atoms with Crippen LogP contribution in [0.2, 0.25) is 0 Å². The lowest BCUT2D eigenvalue weighted by atomic mass is 10.1. The first-order chi connectivity index (χ1) is 9.67. The van der Waals surface area contributed by atoms with E-state index in [0.717, 1.165) is 17.8 Å². The Labute approximate surface area is 119 Å². The maximum Gasteiger partial charge on any atom is 0.162 e. The third kappa shape index (κ3) is 2.96. The quantitative estimate of drug-likeness (QED) is 0.817. The summed E-state index contributed by atoms with van der Waals surface area (Å²) in [5, 5.41) is 3.29. The molecule has 20 heavy (non-hydrogen) atoms. The van der Waals surface area contributed by atoms with Crippen LogP contribution in [0.4, 0.5) is 17.1 Å². The van der Waals surface area contributed by atoms with Crippen LogP contribution in [0.25, 0.3) is 0 Å². The number of nitrogen functional groups attached to an aromatic ring is 1. The van der Waals surface area contributed by atoms with Gasteiger partial charge in [-0.2, -0.15) is 0 Å². The summed E-state index contributed by atoms with van der Waals surface area (Å²) >= 11 is 0. The molecule has 0 saturated heterocycles. The number of rotatable bonds is 5. The van der Waals surface area contributed by atoms with Gasteiger partial charge in [0.2, 0.25) is 0 Å². The van der Waals surface area contributed by atoms with Gasteiger partial charge in [0.1, 0.15) is 0 Å². The molecule has 0 aliphatic carbocycles. The topological polar surface area (TPSA) is 56.5 Å². The van der Waals surface area contributed by atoms with Gasteiger partial charge in [0.05, 0.1) is 25.6 Å². The SMILES string of the molecule is CCc1ccc(Nc2cc(OC)c(OC)cc2N)cc1. The first-order valence-electron chi connectivity index (χ1n) is 6.55. The van der Waals surface area contributed by atoms with E-state index in [-0.39, 0.29) is 0 Å². The summed E-state index contributed by atoms with van der Waals surface area (Å²) in [7, 11) is 3.20. The fourth-order valence-electron chi connectivity index (χ4n) is 1.98. The highest BCUT2D eigenvalue weighted by atomic mass is 16.5. The van der Waals surface area contributed by atoms with Gasteiger partial charge in [0.25, 0.3) is 0 Å². The van der Waals surface area contributed by atoms with Crippen LogP contribution in [-0.4, -0.2) is 14.2 Å². The van der Waals surface area contributed by atoms with E-state index >= 15 is 0 Å². The van der Waals surface area contributed by atoms with Crippen LogP contribution >= 0.6 is 0 Å². The van der Waals surface area contributed by atoms with Crippen molar-refractivity contribution in [2.75, 3.05) is 25.3 Å². The lowest BCUT2D eigenvalue weighted by Gasteiger charge is -2.14. The normalized spacial score (nSPS) is 10.2. The third-order valence-electron chi connectivity index (χ3n) is 3.20. The molecule has 0 bridgehead atoms. The molecule has 0 saturated carbocycles. The number of methoxy groups -OCH3 is 2. The van der Waals surface area contributed by atoms with Crippen LogP contribution in [0, 0.1) is 0 Å². The summed E-state index contributed by atoms with van der Waals surface area (Å²) in [4.78, 5) is 0. The first kappa shape index (κ1) is 14.1. The molecule has 3 N–H and O–H groups in total. The van der Waals surface area contributed by atoms with Crippen molar-refractivity contribution in [2.24, 2.45) is 0 Å². The van der Waals surface area contributed by atoms with E-state index in [4.69, 9.17) is 15.2 Å². The molecule has 2 rings (SSSR count). The molecule has 0 amide bonds. The standard InChI is InChI=1S/C16H20N2O2/c1-4-11-5-7-12(8-6-11)18-14-10-16(20-3)15(19-2)9-13(14)17/h5-10,18H,4,17H2,1-3H3. The van der Waals surface area contributed by atoms with E-state index in [2.05, 4.69) is 24.4 Å². The summed E-state index contributed by atoms with van der Waals surface area (Å²) < 4.78 is 10.5. The Kier molecular flexibility index (Phi) is 4.35. The van der Waals surface area contributed by atoms with Gasteiger partial charge in [-0.1, -0.05) is 19.1 Å². The van der Waals surface area contributed by atoms with Crippen LogP contribution in [0.1, 0.15) is 12.5 Å². The zero-order valence-electron chi connectivity index (χ0n) is 12.1. The van der Waals surface area contributed by atoms with Crippen LogP contribution in [0.5, 0.6) is 11.5 Å². The molecular formula is C16H20N2O2. The molecule has 0 radical (unpaired) electrons. The van der Waals surface area contributed by atoms with Crippen LogP contribution in [0.15, 0.2) is 36.4 Å². The van der Waals surface area contributed by atoms with Crippen molar-refractivity contribution in [3.8, 4) is 11.5 Å². The molecule has 0 spiro atoms. The Bertz CT molecular complexity index is 580. The van der Waals surface area contributed by atoms with E-state index in [1.54, 1.807) is 20.3 Å². The fourth-order valence-corrected chi connectivity index (χ4v) is 1.98. The number of nitrogens with two attached hydrogens (primary N) is 1. The molecule has 106 valence electrons. The van der Waals surface area contributed by atoms with Gasteiger partial charge in [-0.15, -0.1) is 0 Å². The highest BCUT2D eigenvalue weighted by molar-refractivity contribution is 5.76. The van der Waals surface area contributed by atoms with Crippen molar-refractivity contribution in [2.45, 2.75) is 13.3 Å². The zero-order valence-corrected chi connectivity index (χ0v) is 12.1. The Morgan fingerprint density at radius 3 is 2.15 bits per heavy atom. The van der Waals surface area contributed by atoms with E-state index < -0.39 is 0 Å². The van der Waals surface area contributed by atoms with Crippen molar-refractivity contribution in [1.29, 1.82) is 0 Å². The van der Waals surface area contributed by atoms with Gasteiger partial charge in [0, 0.05) is 17.8 Å². The average Bonchev–Trinajstić information content (AvgIpc) is 2.49. The molecule has 4 nitrogen and oxygen atoms in total. The number of ether oxygens (including phenoxy) is 2. The number of benzene rings is 2. The lowest BCUT2D eigenvalue weighted by Crippen LogP contribution is -1.99. The Hall–Kier alpha value is -2.36. The van der Waals surface area contributed by atoms with Crippen molar-refractivity contribution in [3.05, 3.63) is 42.0 Å². The second-order valence-electron chi connectivity index (χ2n) is 4.47. The number of aryl methyl sites for hydroxylation is 1. The first-order valence-corrected chi connectivity index (χ1v) is 6.55. The predicted molar refractivity (Wildman–Crippen MR) is 83.1 cm³/mol. The molecule has 2 aromatic carbocycles. The molecule has 0 aliphatic rings. The van der Waals surface area contributed by atoms with E-state index in [0.29, 0.717) is 17.2 Å². The Balaban J connectivity index is 2.27. The highest BCUT2D eigenvalue weighted by Gasteiger charge is 2.09. The molecule has 2 aromatic rings. The average molecular weight is 272 g/mol. The van der Waals surface area contributed by atoms with Gasteiger partial charge in [-0.3, -0.25) is 0 Å². The molecule has 0 unspecified atom stereocenters. The minimum atomic E-state index is 0.613. The number of hydrogen-bond donors (Lipinski definition) is 2. The number of hydrogen-bond acceptors (Lipinski definition) is 4. The molecule has 0 fully saturated rings. The monoisotopic (exact) mass is 272 g/mol. The zero-order chi connectivity index (χ0) is 14.5. The fraction of sp³-hybridized carbons (Fsp3) is 0.250. The largest absolute Gasteiger partial charge is 0.493 e. The summed E-state index contributed by atoms with van der Waals surface area (Å²) in [5.74, 6) is 1.27. The summed E-state index contributed by atoms with van der Waals surface area (Å²) in [6, 6.07) is 11.9. The van der Waals surface area contributed by atoms with Gasteiger partial charge in [-0.05, 0) is 24.1 Å². The third-order valence-corrected chi connectivity index (χ3v) is 3.20. The minimum absolute atomic E-state index is 0.613. The predicted octanol–water partition coefficient (Wildman–Crippen LogP) is 3.59. The minimum Gasteiger partial charge on any atom is -0.493 e. The Morgan fingerprint density at radius 1 is 1.00 bits per heavy atom. The van der Waals surface area contributed by atoms with Crippen LogP contribution in [0.3, 0.4) is 0 Å². The molecule has 0 aliphatic heterocycles. The van der Waals surface area contributed by atoms with Crippen molar-refractivity contribution in [1.82, 2.24) is 0 Å². The maximum absolute atomic E-state index is 6.03. The Morgan fingerprint density at radius 2 is 1.60 bits per heavy atom. The van der Waals surface area contributed by atoms with Gasteiger partial charge < -0.3 is 20.5 Å².